The summed E-state index contributed by atoms with van der Waals surface area (Å²) in [5.74, 6) is -0.192. The molecule has 2 heterocycles. The molecule has 112 valence electrons. The van der Waals surface area contributed by atoms with Gasteiger partial charge in [-0.25, -0.2) is 9.37 Å². The molecular formula is C16H15FN4O. The Morgan fingerprint density at radius 2 is 2.14 bits per heavy atom. The average molecular weight is 298 g/mol. The van der Waals surface area contributed by atoms with Crippen LogP contribution in [0.25, 0.3) is 16.6 Å². The third-order valence-electron chi connectivity index (χ3n) is 3.55. The van der Waals surface area contributed by atoms with Gasteiger partial charge in [0.1, 0.15) is 17.0 Å². The Morgan fingerprint density at radius 1 is 1.32 bits per heavy atom. The minimum absolute atomic E-state index is 0.0431. The molecular weight excluding hydrogens is 283 g/mol. The summed E-state index contributed by atoms with van der Waals surface area (Å²) in [6.07, 6.45) is 3.73. The zero-order chi connectivity index (χ0) is 15.7. The second-order valence-corrected chi connectivity index (χ2v) is 4.97. The number of nitrogens with two attached hydrogens (primary N) is 1. The Hall–Kier alpha value is -2.60. The highest BCUT2D eigenvalue weighted by Crippen LogP contribution is 2.19. The Bertz CT molecular complexity index is 876. The van der Waals surface area contributed by atoms with Gasteiger partial charge < -0.3 is 5.73 Å². The van der Waals surface area contributed by atoms with Gasteiger partial charge in [-0.3, -0.25) is 14.3 Å². The summed E-state index contributed by atoms with van der Waals surface area (Å²) in [4.78, 5) is 21.2. The summed E-state index contributed by atoms with van der Waals surface area (Å²) in [7, 11) is 0. The molecule has 0 fully saturated rings. The van der Waals surface area contributed by atoms with Crippen molar-refractivity contribution < 1.29 is 4.39 Å². The standard InChI is InChI=1S/C16H15FN4O/c1-2-12(18)15-20-13-7-3-6-11(17)14(13)16(22)21(15)10-5-4-8-19-9-10/h3-9,12H,2,18H2,1H3/t12-/m0/s1. The predicted molar refractivity (Wildman–Crippen MR) is 82.3 cm³/mol. The van der Waals surface area contributed by atoms with Crippen molar-refractivity contribution in [2.75, 3.05) is 0 Å². The SMILES string of the molecule is CC[C@H](N)c1nc2cccc(F)c2c(=O)n1-c1cccnc1. The third-order valence-corrected chi connectivity index (χ3v) is 3.55. The molecule has 0 spiro atoms. The Morgan fingerprint density at radius 3 is 2.82 bits per heavy atom. The fourth-order valence-electron chi connectivity index (χ4n) is 2.37. The van der Waals surface area contributed by atoms with Crippen molar-refractivity contribution in [3.8, 4) is 5.69 Å². The zero-order valence-corrected chi connectivity index (χ0v) is 12.0. The Balaban J connectivity index is 2.44. The van der Waals surface area contributed by atoms with E-state index in [4.69, 9.17) is 5.73 Å². The summed E-state index contributed by atoms with van der Waals surface area (Å²) < 4.78 is 15.4. The lowest BCUT2D eigenvalue weighted by Gasteiger charge is -2.17. The molecule has 1 atom stereocenters. The first-order valence-corrected chi connectivity index (χ1v) is 7.00. The first-order chi connectivity index (χ1) is 10.6. The maximum absolute atomic E-state index is 14.1. The molecule has 2 N–H and O–H groups in total. The summed E-state index contributed by atoms with van der Waals surface area (Å²) in [6.45, 7) is 1.90. The molecule has 3 rings (SSSR count). The van der Waals surface area contributed by atoms with E-state index in [1.54, 1.807) is 24.4 Å². The molecule has 3 aromatic rings. The molecule has 0 radical (unpaired) electrons. The molecule has 0 bridgehead atoms. The molecule has 0 aliphatic carbocycles. The molecule has 6 heteroatoms. The molecule has 5 nitrogen and oxygen atoms in total. The molecule has 0 amide bonds. The van der Waals surface area contributed by atoms with E-state index in [0.717, 1.165) is 0 Å². The van der Waals surface area contributed by atoms with Gasteiger partial charge in [-0.1, -0.05) is 13.0 Å². The summed E-state index contributed by atoms with van der Waals surface area (Å²) in [6, 6.07) is 7.38. The molecule has 0 saturated carbocycles. The van der Waals surface area contributed by atoms with E-state index in [1.807, 2.05) is 6.92 Å². The fourth-order valence-corrected chi connectivity index (χ4v) is 2.37. The fraction of sp³-hybridized carbons (Fsp3) is 0.188. The topological polar surface area (TPSA) is 73.8 Å². The number of pyridine rings is 1. The van der Waals surface area contributed by atoms with Crippen LogP contribution in [0.1, 0.15) is 25.2 Å². The minimum Gasteiger partial charge on any atom is -0.321 e. The van der Waals surface area contributed by atoms with Gasteiger partial charge in [0.05, 0.1) is 23.4 Å². The number of fused-ring (bicyclic) bond motifs is 1. The number of hydrogen-bond acceptors (Lipinski definition) is 4. The largest absolute Gasteiger partial charge is 0.321 e. The minimum atomic E-state index is -0.593. The highest BCUT2D eigenvalue weighted by molar-refractivity contribution is 5.78. The van der Waals surface area contributed by atoms with Crippen LogP contribution in [0.2, 0.25) is 0 Å². The van der Waals surface area contributed by atoms with Gasteiger partial charge in [0.2, 0.25) is 0 Å². The molecule has 0 aliphatic heterocycles. The van der Waals surface area contributed by atoms with Crippen LogP contribution in [0.15, 0.2) is 47.5 Å². The molecule has 1 aromatic carbocycles. The van der Waals surface area contributed by atoms with E-state index in [0.29, 0.717) is 23.4 Å². The summed E-state index contributed by atoms with van der Waals surface area (Å²) >= 11 is 0. The van der Waals surface area contributed by atoms with Crippen molar-refractivity contribution in [2.24, 2.45) is 5.73 Å². The van der Waals surface area contributed by atoms with Crippen molar-refractivity contribution >= 4 is 10.9 Å². The third kappa shape index (κ3) is 2.27. The van der Waals surface area contributed by atoms with E-state index in [2.05, 4.69) is 9.97 Å². The van der Waals surface area contributed by atoms with Crippen LogP contribution in [-0.2, 0) is 0 Å². The van der Waals surface area contributed by atoms with Crippen molar-refractivity contribution in [1.82, 2.24) is 14.5 Å². The van der Waals surface area contributed by atoms with Crippen molar-refractivity contribution in [3.05, 3.63) is 64.7 Å². The van der Waals surface area contributed by atoms with E-state index < -0.39 is 17.4 Å². The number of aromatic nitrogens is 3. The van der Waals surface area contributed by atoms with Gasteiger partial charge in [0.25, 0.3) is 5.56 Å². The van der Waals surface area contributed by atoms with Gasteiger partial charge in [-0.05, 0) is 30.7 Å². The molecule has 0 aliphatic rings. The average Bonchev–Trinajstić information content (AvgIpc) is 2.54. The quantitative estimate of drug-likeness (QED) is 0.805. The maximum atomic E-state index is 14.1. The maximum Gasteiger partial charge on any atom is 0.269 e. The lowest BCUT2D eigenvalue weighted by Crippen LogP contribution is -2.28. The first kappa shape index (κ1) is 14.3. The van der Waals surface area contributed by atoms with E-state index >= 15 is 0 Å². The second-order valence-electron chi connectivity index (χ2n) is 4.97. The lowest BCUT2D eigenvalue weighted by atomic mass is 10.1. The van der Waals surface area contributed by atoms with Crippen LogP contribution >= 0.6 is 0 Å². The molecule has 2 aromatic heterocycles. The molecule has 0 unspecified atom stereocenters. The van der Waals surface area contributed by atoms with Gasteiger partial charge in [-0.2, -0.15) is 0 Å². The first-order valence-electron chi connectivity index (χ1n) is 7.00. The van der Waals surface area contributed by atoms with Crippen molar-refractivity contribution in [1.29, 1.82) is 0 Å². The number of rotatable bonds is 3. The van der Waals surface area contributed by atoms with Crippen LogP contribution in [0.4, 0.5) is 4.39 Å². The van der Waals surface area contributed by atoms with Crippen molar-refractivity contribution in [2.45, 2.75) is 19.4 Å². The smallest absolute Gasteiger partial charge is 0.269 e. The number of hydrogen-bond donors (Lipinski definition) is 1. The summed E-state index contributed by atoms with van der Waals surface area (Å²) in [5.41, 5.74) is 6.44. The van der Waals surface area contributed by atoms with E-state index in [1.165, 1.54) is 22.9 Å². The zero-order valence-electron chi connectivity index (χ0n) is 12.0. The van der Waals surface area contributed by atoms with Gasteiger partial charge in [0, 0.05) is 6.20 Å². The Kier molecular flexibility index (Phi) is 3.68. The van der Waals surface area contributed by atoms with E-state index in [9.17, 15) is 9.18 Å². The summed E-state index contributed by atoms with van der Waals surface area (Å²) in [5, 5.41) is -0.0431. The van der Waals surface area contributed by atoms with Crippen LogP contribution in [-0.4, -0.2) is 14.5 Å². The van der Waals surface area contributed by atoms with Crippen LogP contribution in [0, 0.1) is 5.82 Å². The second kappa shape index (κ2) is 5.65. The number of halogens is 1. The lowest BCUT2D eigenvalue weighted by molar-refractivity contribution is 0.614. The van der Waals surface area contributed by atoms with Crippen molar-refractivity contribution in [3.63, 3.8) is 0 Å². The van der Waals surface area contributed by atoms with Crippen LogP contribution < -0.4 is 11.3 Å². The van der Waals surface area contributed by atoms with Gasteiger partial charge in [-0.15, -0.1) is 0 Å². The highest BCUT2D eigenvalue weighted by Gasteiger charge is 2.19. The number of benzene rings is 1. The number of nitrogens with zero attached hydrogens (tertiary/aromatic N) is 3. The molecule has 0 saturated heterocycles. The van der Waals surface area contributed by atoms with Crippen LogP contribution in [0.5, 0.6) is 0 Å². The van der Waals surface area contributed by atoms with Gasteiger partial charge in [0.15, 0.2) is 0 Å². The van der Waals surface area contributed by atoms with Gasteiger partial charge >= 0.3 is 0 Å². The Labute approximate surface area is 126 Å². The monoisotopic (exact) mass is 298 g/mol. The highest BCUT2D eigenvalue weighted by atomic mass is 19.1. The van der Waals surface area contributed by atoms with E-state index in [-0.39, 0.29) is 5.39 Å². The predicted octanol–water partition coefficient (Wildman–Crippen LogP) is 2.33. The normalized spacial score (nSPS) is 12.5. The van der Waals surface area contributed by atoms with Crippen LogP contribution in [0.3, 0.4) is 0 Å². The molecule has 22 heavy (non-hydrogen) atoms.